The maximum atomic E-state index is 12.2. The Morgan fingerprint density at radius 3 is 2.62 bits per heavy atom. The van der Waals surface area contributed by atoms with E-state index in [9.17, 15) is 14.7 Å². The van der Waals surface area contributed by atoms with Gasteiger partial charge in [-0.2, -0.15) is 5.10 Å². The number of piperidine rings is 1. The number of likely N-dealkylation sites (tertiary alicyclic amines) is 1. The van der Waals surface area contributed by atoms with Gasteiger partial charge in [-0.1, -0.05) is 44.4 Å². The van der Waals surface area contributed by atoms with E-state index in [1.807, 2.05) is 4.90 Å². The SMILES string of the molecule is CCCCC1CCN(C(C(N)=O)n2nc(C(=O)O)c3ccccc32)CC1. The minimum absolute atomic E-state index is 0.0512. The number of fused-ring (bicyclic) bond motifs is 1. The van der Waals surface area contributed by atoms with Crippen molar-refractivity contribution < 1.29 is 14.7 Å². The lowest BCUT2D eigenvalue weighted by Crippen LogP contribution is -2.45. The number of carboxylic acid groups (broad SMARTS) is 1. The number of benzene rings is 1. The van der Waals surface area contributed by atoms with Crippen molar-refractivity contribution in [3.05, 3.63) is 30.0 Å². The number of nitrogens with zero attached hydrogens (tertiary/aromatic N) is 3. The largest absolute Gasteiger partial charge is 0.476 e. The van der Waals surface area contributed by atoms with Gasteiger partial charge in [0.2, 0.25) is 0 Å². The molecule has 2 heterocycles. The molecule has 1 aromatic carbocycles. The van der Waals surface area contributed by atoms with Gasteiger partial charge < -0.3 is 10.8 Å². The van der Waals surface area contributed by atoms with Crippen molar-refractivity contribution >= 4 is 22.8 Å². The Morgan fingerprint density at radius 1 is 1.31 bits per heavy atom. The normalized spacial score (nSPS) is 17.4. The van der Waals surface area contributed by atoms with E-state index in [4.69, 9.17) is 5.73 Å². The molecule has 1 aliphatic heterocycles. The third kappa shape index (κ3) is 3.58. The summed E-state index contributed by atoms with van der Waals surface area (Å²) in [6, 6.07) is 7.05. The van der Waals surface area contributed by atoms with Crippen LogP contribution in [-0.4, -0.2) is 44.8 Å². The van der Waals surface area contributed by atoms with Crippen LogP contribution in [0.5, 0.6) is 0 Å². The number of unbranched alkanes of at least 4 members (excludes halogenated alkanes) is 1. The van der Waals surface area contributed by atoms with E-state index in [1.54, 1.807) is 24.3 Å². The Hall–Kier alpha value is -2.41. The van der Waals surface area contributed by atoms with Crippen LogP contribution >= 0.6 is 0 Å². The average molecular weight is 358 g/mol. The van der Waals surface area contributed by atoms with Gasteiger partial charge in [-0.25, -0.2) is 9.48 Å². The minimum Gasteiger partial charge on any atom is -0.476 e. The molecule has 3 N–H and O–H groups in total. The van der Waals surface area contributed by atoms with Crippen LogP contribution in [0.3, 0.4) is 0 Å². The van der Waals surface area contributed by atoms with Crippen LogP contribution in [-0.2, 0) is 4.79 Å². The topological polar surface area (TPSA) is 101 Å². The molecule has 0 bridgehead atoms. The number of carbonyl (C=O) groups excluding carboxylic acids is 1. The van der Waals surface area contributed by atoms with Gasteiger partial charge in [0, 0.05) is 18.5 Å². The van der Waals surface area contributed by atoms with Crippen LogP contribution < -0.4 is 5.73 Å². The molecule has 7 nitrogen and oxygen atoms in total. The molecule has 0 spiro atoms. The highest BCUT2D eigenvalue weighted by atomic mass is 16.4. The number of para-hydroxylation sites is 1. The predicted octanol–water partition coefficient (Wildman–Crippen LogP) is 2.62. The number of hydrogen-bond acceptors (Lipinski definition) is 4. The molecular formula is C19H26N4O3. The number of carboxylic acids is 1. The van der Waals surface area contributed by atoms with Crippen LogP contribution in [0.25, 0.3) is 10.9 Å². The van der Waals surface area contributed by atoms with E-state index in [-0.39, 0.29) is 5.69 Å². The molecule has 3 rings (SSSR count). The lowest BCUT2D eigenvalue weighted by molar-refractivity contribution is -0.127. The fourth-order valence-corrected chi connectivity index (χ4v) is 3.87. The standard InChI is InChI=1S/C19H26N4O3/c1-2-3-6-13-9-11-22(12-10-13)18(17(20)24)23-15-8-5-4-7-14(15)16(21-23)19(25)26/h4-5,7-8,13,18H,2-3,6,9-12H2,1H3,(H2,20,24)(H,25,26). The molecule has 0 aliphatic carbocycles. The maximum Gasteiger partial charge on any atom is 0.357 e. The molecule has 1 saturated heterocycles. The number of rotatable bonds is 7. The molecule has 0 saturated carbocycles. The number of aromatic carboxylic acids is 1. The highest BCUT2D eigenvalue weighted by Gasteiger charge is 2.32. The van der Waals surface area contributed by atoms with Crippen LogP contribution in [0, 0.1) is 5.92 Å². The second-order valence-corrected chi connectivity index (χ2v) is 7.01. The summed E-state index contributed by atoms with van der Waals surface area (Å²) in [5.74, 6) is -0.938. The lowest BCUT2D eigenvalue weighted by atomic mass is 9.91. The van der Waals surface area contributed by atoms with Crippen LogP contribution in [0.4, 0.5) is 0 Å². The summed E-state index contributed by atoms with van der Waals surface area (Å²) >= 11 is 0. The third-order valence-electron chi connectivity index (χ3n) is 5.26. The van der Waals surface area contributed by atoms with Crippen molar-refractivity contribution in [2.45, 2.75) is 45.2 Å². The first-order chi connectivity index (χ1) is 12.5. The van der Waals surface area contributed by atoms with Crippen molar-refractivity contribution in [2.24, 2.45) is 11.7 Å². The molecule has 1 fully saturated rings. The fourth-order valence-electron chi connectivity index (χ4n) is 3.87. The van der Waals surface area contributed by atoms with Gasteiger partial charge in [-0.15, -0.1) is 0 Å². The molecule has 1 amide bonds. The Kier molecular flexibility index (Phi) is 5.56. The highest BCUT2D eigenvalue weighted by Crippen LogP contribution is 2.29. The van der Waals surface area contributed by atoms with E-state index in [2.05, 4.69) is 12.0 Å². The summed E-state index contributed by atoms with van der Waals surface area (Å²) in [6.45, 7) is 3.72. The number of aromatic nitrogens is 2. The van der Waals surface area contributed by atoms with E-state index in [1.165, 1.54) is 23.9 Å². The van der Waals surface area contributed by atoms with Gasteiger partial charge in [-0.3, -0.25) is 9.69 Å². The van der Waals surface area contributed by atoms with E-state index in [0.29, 0.717) is 16.8 Å². The minimum atomic E-state index is -1.11. The second kappa shape index (κ2) is 7.86. The number of hydrogen-bond donors (Lipinski definition) is 2. The quantitative estimate of drug-likeness (QED) is 0.792. The van der Waals surface area contributed by atoms with E-state index < -0.39 is 18.0 Å². The summed E-state index contributed by atoms with van der Waals surface area (Å²) in [6.07, 6.45) is 4.93. The zero-order valence-corrected chi connectivity index (χ0v) is 15.1. The van der Waals surface area contributed by atoms with Crippen LogP contribution in [0.1, 0.15) is 55.7 Å². The van der Waals surface area contributed by atoms with Crippen molar-refractivity contribution in [1.29, 1.82) is 0 Å². The van der Waals surface area contributed by atoms with Crippen molar-refractivity contribution in [1.82, 2.24) is 14.7 Å². The number of carbonyl (C=O) groups is 2. The Balaban J connectivity index is 1.89. The highest BCUT2D eigenvalue weighted by molar-refractivity contribution is 6.01. The molecule has 1 aromatic heterocycles. The first-order valence-corrected chi connectivity index (χ1v) is 9.26. The summed E-state index contributed by atoms with van der Waals surface area (Å²) < 4.78 is 1.48. The zero-order valence-electron chi connectivity index (χ0n) is 15.1. The Bertz CT molecular complexity index is 793. The lowest BCUT2D eigenvalue weighted by Gasteiger charge is -2.36. The van der Waals surface area contributed by atoms with Crippen molar-refractivity contribution in [2.75, 3.05) is 13.1 Å². The van der Waals surface area contributed by atoms with Gasteiger partial charge in [0.05, 0.1) is 5.52 Å². The summed E-state index contributed by atoms with van der Waals surface area (Å²) in [5.41, 5.74) is 6.26. The Labute approximate surface area is 152 Å². The maximum absolute atomic E-state index is 12.2. The molecule has 0 radical (unpaired) electrons. The number of primary amides is 1. The van der Waals surface area contributed by atoms with Gasteiger partial charge in [0.25, 0.3) is 5.91 Å². The first kappa shape index (κ1) is 18.4. The van der Waals surface area contributed by atoms with Crippen LogP contribution in [0.2, 0.25) is 0 Å². The monoisotopic (exact) mass is 358 g/mol. The van der Waals surface area contributed by atoms with E-state index >= 15 is 0 Å². The van der Waals surface area contributed by atoms with Crippen molar-refractivity contribution in [3.63, 3.8) is 0 Å². The summed E-state index contributed by atoms with van der Waals surface area (Å²) in [7, 11) is 0. The molecular weight excluding hydrogens is 332 g/mol. The first-order valence-electron chi connectivity index (χ1n) is 9.26. The Morgan fingerprint density at radius 2 is 2.00 bits per heavy atom. The molecule has 2 aromatic rings. The average Bonchev–Trinajstić information content (AvgIpc) is 3.01. The van der Waals surface area contributed by atoms with Gasteiger partial charge >= 0.3 is 5.97 Å². The van der Waals surface area contributed by atoms with Gasteiger partial charge in [-0.05, 0) is 24.8 Å². The number of nitrogens with two attached hydrogens (primary N) is 1. The zero-order chi connectivity index (χ0) is 18.7. The third-order valence-corrected chi connectivity index (χ3v) is 5.26. The summed E-state index contributed by atoms with van der Waals surface area (Å²) in [5, 5.41) is 14.2. The second-order valence-electron chi connectivity index (χ2n) is 7.01. The van der Waals surface area contributed by atoms with Crippen LogP contribution in [0.15, 0.2) is 24.3 Å². The fraction of sp³-hybridized carbons (Fsp3) is 0.526. The van der Waals surface area contributed by atoms with Gasteiger partial charge in [0.15, 0.2) is 11.9 Å². The van der Waals surface area contributed by atoms with E-state index in [0.717, 1.165) is 25.9 Å². The number of amides is 1. The van der Waals surface area contributed by atoms with Gasteiger partial charge in [0.1, 0.15) is 0 Å². The van der Waals surface area contributed by atoms with Crippen molar-refractivity contribution in [3.8, 4) is 0 Å². The smallest absolute Gasteiger partial charge is 0.357 e. The summed E-state index contributed by atoms with van der Waals surface area (Å²) in [4.78, 5) is 25.8. The molecule has 1 aliphatic rings. The molecule has 7 heteroatoms. The predicted molar refractivity (Wildman–Crippen MR) is 98.7 cm³/mol. The molecule has 26 heavy (non-hydrogen) atoms. The molecule has 1 atom stereocenters. The molecule has 140 valence electrons. The molecule has 1 unspecified atom stereocenters.